The van der Waals surface area contributed by atoms with Gasteiger partial charge in [-0.25, -0.2) is 13.6 Å². The number of hydrogen-bond acceptors (Lipinski definition) is 5. The van der Waals surface area contributed by atoms with Crippen LogP contribution in [0, 0.1) is 0 Å². The third-order valence-corrected chi connectivity index (χ3v) is 4.67. The zero-order chi connectivity index (χ0) is 17.6. The molecule has 2 aromatic carbocycles. The summed E-state index contributed by atoms with van der Waals surface area (Å²) in [6, 6.07) is 15.1. The van der Waals surface area contributed by atoms with E-state index < -0.39 is 10.0 Å². The van der Waals surface area contributed by atoms with E-state index in [1.54, 1.807) is 12.1 Å². The molecule has 0 atom stereocenters. The second kappa shape index (κ2) is 8.14. The standard InChI is InChI=1S/C17H24N4O2S/c1-21(13-14-7-3-2-4-8-14)12-6-11-20-15-9-5-10-16(17(15)18)24(19,22)23/h2-5,7-10,20H,6,11-13,18H2,1H3,(H2,19,22,23). The number of nitrogen functional groups attached to an aromatic ring is 1. The van der Waals surface area contributed by atoms with Crippen LogP contribution >= 0.6 is 0 Å². The first-order valence-electron chi connectivity index (χ1n) is 7.75. The van der Waals surface area contributed by atoms with Crippen molar-refractivity contribution in [2.75, 3.05) is 31.2 Å². The van der Waals surface area contributed by atoms with Crippen LogP contribution in [0.1, 0.15) is 12.0 Å². The quantitative estimate of drug-likeness (QED) is 0.499. The van der Waals surface area contributed by atoms with E-state index in [0.29, 0.717) is 12.2 Å². The smallest absolute Gasteiger partial charge is 0.240 e. The minimum atomic E-state index is -3.81. The Morgan fingerprint density at radius 2 is 1.79 bits per heavy atom. The number of nitrogens with one attached hydrogen (secondary N) is 1. The van der Waals surface area contributed by atoms with Gasteiger partial charge in [-0.15, -0.1) is 0 Å². The second-order valence-corrected chi connectivity index (χ2v) is 7.30. The predicted octanol–water partition coefficient (Wildman–Crippen LogP) is 1.85. The maximum absolute atomic E-state index is 11.5. The molecule has 2 aromatic rings. The molecule has 0 aromatic heterocycles. The van der Waals surface area contributed by atoms with Crippen LogP contribution in [-0.4, -0.2) is 33.5 Å². The van der Waals surface area contributed by atoms with Gasteiger partial charge in [0.05, 0.1) is 11.4 Å². The highest BCUT2D eigenvalue weighted by molar-refractivity contribution is 7.89. The first-order chi connectivity index (χ1) is 11.4. The van der Waals surface area contributed by atoms with Gasteiger partial charge in [-0.1, -0.05) is 36.4 Å². The van der Waals surface area contributed by atoms with Crippen molar-refractivity contribution in [1.82, 2.24) is 4.90 Å². The van der Waals surface area contributed by atoms with Gasteiger partial charge in [0.2, 0.25) is 10.0 Å². The van der Waals surface area contributed by atoms with Crippen molar-refractivity contribution in [3.63, 3.8) is 0 Å². The van der Waals surface area contributed by atoms with Gasteiger partial charge in [0.25, 0.3) is 0 Å². The van der Waals surface area contributed by atoms with Gasteiger partial charge in [-0.3, -0.25) is 0 Å². The van der Waals surface area contributed by atoms with Crippen molar-refractivity contribution >= 4 is 21.4 Å². The summed E-state index contributed by atoms with van der Waals surface area (Å²) in [4.78, 5) is 2.19. The third kappa shape index (κ3) is 5.23. The molecule has 0 amide bonds. The summed E-state index contributed by atoms with van der Waals surface area (Å²) in [5.41, 5.74) is 7.91. The van der Waals surface area contributed by atoms with Crippen LogP contribution in [0.3, 0.4) is 0 Å². The number of primary sulfonamides is 1. The highest BCUT2D eigenvalue weighted by atomic mass is 32.2. The predicted molar refractivity (Wildman–Crippen MR) is 98.1 cm³/mol. The second-order valence-electron chi connectivity index (χ2n) is 5.77. The van der Waals surface area contributed by atoms with Gasteiger partial charge in [0.1, 0.15) is 4.90 Å². The molecule has 0 spiro atoms. The molecule has 2 rings (SSSR count). The normalized spacial score (nSPS) is 11.6. The molecule has 0 aliphatic carbocycles. The van der Waals surface area contributed by atoms with Gasteiger partial charge >= 0.3 is 0 Å². The van der Waals surface area contributed by atoms with Crippen LogP contribution in [0.25, 0.3) is 0 Å². The number of nitrogens with two attached hydrogens (primary N) is 2. The fourth-order valence-electron chi connectivity index (χ4n) is 2.49. The molecule has 7 heteroatoms. The van der Waals surface area contributed by atoms with Crippen molar-refractivity contribution in [2.24, 2.45) is 5.14 Å². The summed E-state index contributed by atoms with van der Waals surface area (Å²) in [5, 5.41) is 8.33. The Bertz CT molecular complexity index is 763. The molecule has 0 aliphatic rings. The lowest BCUT2D eigenvalue weighted by molar-refractivity contribution is 0.325. The zero-order valence-corrected chi connectivity index (χ0v) is 14.6. The zero-order valence-electron chi connectivity index (χ0n) is 13.8. The summed E-state index contributed by atoms with van der Waals surface area (Å²) in [7, 11) is -1.74. The Morgan fingerprint density at radius 3 is 2.46 bits per heavy atom. The minimum Gasteiger partial charge on any atom is -0.396 e. The number of nitrogens with zero attached hydrogens (tertiary/aromatic N) is 1. The van der Waals surface area contributed by atoms with Crippen LogP contribution < -0.4 is 16.2 Å². The monoisotopic (exact) mass is 348 g/mol. The maximum atomic E-state index is 11.5. The summed E-state index contributed by atoms with van der Waals surface area (Å²) in [6.45, 7) is 2.50. The third-order valence-electron chi connectivity index (χ3n) is 3.70. The summed E-state index contributed by atoms with van der Waals surface area (Å²) < 4.78 is 22.9. The number of hydrogen-bond donors (Lipinski definition) is 3. The van der Waals surface area contributed by atoms with Crippen LogP contribution in [0.2, 0.25) is 0 Å². The molecule has 0 fully saturated rings. The fourth-order valence-corrected chi connectivity index (χ4v) is 3.18. The number of anilines is 2. The van der Waals surface area contributed by atoms with Crippen LogP contribution in [0.4, 0.5) is 11.4 Å². The molecule has 0 heterocycles. The average molecular weight is 348 g/mol. The molecular formula is C17H24N4O2S. The van der Waals surface area contributed by atoms with Crippen molar-refractivity contribution in [1.29, 1.82) is 0 Å². The van der Waals surface area contributed by atoms with Crippen molar-refractivity contribution in [3.8, 4) is 0 Å². The van der Waals surface area contributed by atoms with E-state index in [9.17, 15) is 8.42 Å². The molecule has 130 valence electrons. The largest absolute Gasteiger partial charge is 0.396 e. The Morgan fingerprint density at radius 1 is 1.08 bits per heavy atom. The SMILES string of the molecule is CN(CCCNc1cccc(S(N)(=O)=O)c1N)Cc1ccccc1. The summed E-state index contributed by atoms with van der Waals surface area (Å²) >= 11 is 0. The molecule has 6 nitrogen and oxygen atoms in total. The van der Waals surface area contributed by atoms with Gasteiger partial charge in [0, 0.05) is 13.1 Å². The lowest BCUT2D eigenvalue weighted by Crippen LogP contribution is -2.21. The Hall–Kier alpha value is -2.09. The highest BCUT2D eigenvalue weighted by Gasteiger charge is 2.14. The van der Waals surface area contributed by atoms with E-state index >= 15 is 0 Å². The first kappa shape index (κ1) is 18.3. The number of benzene rings is 2. The molecular weight excluding hydrogens is 324 g/mol. The molecule has 0 saturated heterocycles. The minimum absolute atomic E-state index is 0.0475. The molecule has 0 saturated carbocycles. The van der Waals surface area contributed by atoms with E-state index in [0.717, 1.165) is 19.5 Å². The fraction of sp³-hybridized carbons (Fsp3) is 0.294. The van der Waals surface area contributed by atoms with Gasteiger partial charge in [0.15, 0.2) is 0 Å². The average Bonchev–Trinajstić information content (AvgIpc) is 2.52. The van der Waals surface area contributed by atoms with Crippen molar-refractivity contribution < 1.29 is 8.42 Å². The first-order valence-corrected chi connectivity index (χ1v) is 9.30. The van der Waals surface area contributed by atoms with Crippen LogP contribution in [-0.2, 0) is 16.6 Å². The molecule has 24 heavy (non-hydrogen) atoms. The molecule has 0 bridgehead atoms. The molecule has 0 radical (unpaired) electrons. The van der Waals surface area contributed by atoms with E-state index in [2.05, 4.69) is 29.4 Å². The van der Waals surface area contributed by atoms with E-state index in [4.69, 9.17) is 10.9 Å². The molecule has 0 aliphatic heterocycles. The van der Waals surface area contributed by atoms with E-state index in [1.165, 1.54) is 11.6 Å². The summed E-state index contributed by atoms with van der Waals surface area (Å²) in [5.74, 6) is 0. The number of para-hydroxylation sites is 1. The molecule has 5 N–H and O–H groups in total. The Labute approximate surface area is 143 Å². The lowest BCUT2D eigenvalue weighted by atomic mass is 10.2. The van der Waals surface area contributed by atoms with Gasteiger partial charge in [-0.2, -0.15) is 0 Å². The lowest BCUT2D eigenvalue weighted by Gasteiger charge is -2.17. The Balaban J connectivity index is 1.82. The Kier molecular flexibility index (Phi) is 6.19. The van der Waals surface area contributed by atoms with Gasteiger partial charge in [-0.05, 0) is 37.7 Å². The van der Waals surface area contributed by atoms with Crippen LogP contribution in [0.5, 0.6) is 0 Å². The summed E-state index contributed by atoms with van der Waals surface area (Å²) in [6.07, 6.45) is 0.905. The topological polar surface area (TPSA) is 101 Å². The maximum Gasteiger partial charge on any atom is 0.240 e. The number of sulfonamides is 1. The number of rotatable bonds is 8. The van der Waals surface area contributed by atoms with Crippen LogP contribution in [0.15, 0.2) is 53.4 Å². The van der Waals surface area contributed by atoms with E-state index in [-0.39, 0.29) is 10.6 Å². The van der Waals surface area contributed by atoms with E-state index in [1.807, 2.05) is 18.2 Å². The van der Waals surface area contributed by atoms with Crippen molar-refractivity contribution in [2.45, 2.75) is 17.9 Å². The van der Waals surface area contributed by atoms with Crippen molar-refractivity contribution in [3.05, 3.63) is 54.1 Å². The molecule has 0 unspecified atom stereocenters. The highest BCUT2D eigenvalue weighted by Crippen LogP contribution is 2.25. The van der Waals surface area contributed by atoms with Gasteiger partial charge < -0.3 is 16.0 Å².